The van der Waals surface area contributed by atoms with Crippen molar-refractivity contribution in [2.45, 2.75) is 46.6 Å². The lowest BCUT2D eigenvalue weighted by Gasteiger charge is -2.10. The molecule has 2 N–H and O–H groups in total. The molecule has 2 aromatic rings. The Hall–Kier alpha value is -1.22. The minimum Gasteiger partial charge on any atom is -0.361 e. The van der Waals surface area contributed by atoms with Crippen LogP contribution in [0, 0.1) is 0 Å². The summed E-state index contributed by atoms with van der Waals surface area (Å²) < 4.78 is 0. The van der Waals surface area contributed by atoms with E-state index in [2.05, 4.69) is 69.1 Å². The van der Waals surface area contributed by atoms with Crippen LogP contribution in [0.25, 0.3) is 10.9 Å². The number of nitrogens with one attached hydrogen (secondary N) is 2. The highest BCUT2D eigenvalue weighted by molar-refractivity contribution is 6.52. The third-order valence-corrected chi connectivity index (χ3v) is 2.69. The van der Waals surface area contributed by atoms with Crippen molar-refractivity contribution in [2.24, 2.45) is 0 Å². The number of hydrogen-bond acceptors (Lipinski definition) is 1. The van der Waals surface area contributed by atoms with Gasteiger partial charge in [-0.2, -0.15) is 0 Å². The van der Waals surface area contributed by atoms with Crippen LogP contribution in [0.1, 0.15) is 27.7 Å². The first-order chi connectivity index (χ1) is 8.52. The molecule has 0 saturated carbocycles. The van der Waals surface area contributed by atoms with Gasteiger partial charge in [0.15, 0.2) is 7.28 Å². The van der Waals surface area contributed by atoms with E-state index < -0.39 is 0 Å². The Morgan fingerprint density at radius 3 is 2.22 bits per heavy atom. The van der Waals surface area contributed by atoms with E-state index in [0.717, 1.165) is 7.28 Å². The summed E-state index contributed by atoms with van der Waals surface area (Å²) in [7, 11) is 1.11. The van der Waals surface area contributed by atoms with Gasteiger partial charge >= 0.3 is 0 Å². The molecule has 0 amide bonds. The summed E-state index contributed by atoms with van der Waals surface area (Å²) in [6, 6.07) is 9.88. The fourth-order valence-corrected chi connectivity index (χ4v) is 1.99. The van der Waals surface area contributed by atoms with Crippen LogP contribution < -0.4 is 10.8 Å². The SMILES string of the molecule is CBc1ccc2[nH]ccc2c1.CC(C)NC(C)C. The van der Waals surface area contributed by atoms with Crippen molar-refractivity contribution in [3.05, 3.63) is 30.5 Å². The van der Waals surface area contributed by atoms with Gasteiger partial charge in [-0.15, -0.1) is 0 Å². The van der Waals surface area contributed by atoms with Crippen molar-refractivity contribution in [1.82, 2.24) is 10.3 Å². The second-order valence-electron chi connectivity index (χ2n) is 5.23. The summed E-state index contributed by atoms with van der Waals surface area (Å²) in [6.07, 6.45) is 1.98. The highest BCUT2D eigenvalue weighted by atomic mass is 14.9. The van der Waals surface area contributed by atoms with Crippen LogP contribution in [0.4, 0.5) is 0 Å². The third-order valence-electron chi connectivity index (χ3n) is 2.69. The van der Waals surface area contributed by atoms with Gasteiger partial charge in [0.1, 0.15) is 0 Å². The molecule has 98 valence electrons. The fourth-order valence-electron chi connectivity index (χ4n) is 1.99. The maximum atomic E-state index is 3.31. The van der Waals surface area contributed by atoms with Crippen LogP contribution in [0.3, 0.4) is 0 Å². The van der Waals surface area contributed by atoms with Gasteiger partial charge in [-0.1, -0.05) is 52.1 Å². The molecule has 0 atom stereocenters. The van der Waals surface area contributed by atoms with Crippen LogP contribution in [0.15, 0.2) is 30.5 Å². The first-order valence-corrected chi connectivity index (χ1v) is 6.85. The molecular formula is C15H25BN2. The van der Waals surface area contributed by atoms with Crippen LogP contribution in [0.2, 0.25) is 6.82 Å². The molecule has 1 aromatic carbocycles. The molecule has 0 spiro atoms. The first-order valence-electron chi connectivity index (χ1n) is 6.85. The topological polar surface area (TPSA) is 27.8 Å². The Balaban J connectivity index is 0.000000203. The third kappa shape index (κ3) is 4.97. The molecule has 0 aliphatic heterocycles. The molecule has 1 heterocycles. The van der Waals surface area contributed by atoms with E-state index in [9.17, 15) is 0 Å². The molecule has 0 unspecified atom stereocenters. The van der Waals surface area contributed by atoms with Crippen LogP contribution in [0.5, 0.6) is 0 Å². The van der Waals surface area contributed by atoms with Crippen molar-refractivity contribution < 1.29 is 0 Å². The van der Waals surface area contributed by atoms with Gasteiger partial charge in [0.2, 0.25) is 0 Å². The zero-order valence-electron chi connectivity index (χ0n) is 12.2. The van der Waals surface area contributed by atoms with Gasteiger partial charge in [0.05, 0.1) is 0 Å². The fraction of sp³-hybridized carbons (Fsp3) is 0.467. The van der Waals surface area contributed by atoms with Gasteiger partial charge in [-0.3, -0.25) is 0 Å². The van der Waals surface area contributed by atoms with E-state index in [1.807, 2.05) is 6.20 Å². The summed E-state index contributed by atoms with van der Waals surface area (Å²) in [5, 5.41) is 4.62. The lowest BCUT2D eigenvalue weighted by atomic mass is 9.73. The predicted molar refractivity (Wildman–Crippen MR) is 84.4 cm³/mol. The molecule has 0 aliphatic rings. The van der Waals surface area contributed by atoms with E-state index in [1.54, 1.807) is 0 Å². The van der Waals surface area contributed by atoms with Gasteiger partial charge in [-0.05, 0) is 17.5 Å². The molecule has 1 aromatic heterocycles. The lowest BCUT2D eigenvalue weighted by molar-refractivity contribution is 0.518. The number of H-pyrrole nitrogens is 1. The number of benzene rings is 1. The molecule has 0 saturated heterocycles. The second-order valence-corrected chi connectivity index (χ2v) is 5.23. The standard InChI is InChI=1S/C9H10BN.C6H15N/c1-10-8-2-3-9-7(6-8)4-5-11-9;1-5(2)7-6(3)4/h2-6,10-11H,1H3;5-7H,1-4H3. The van der Waals surface area contributed by atoms with Gasteiger partial charge in [0, 0.05) is 23.8 Å². The van der Waals surface area contributed by atoms with E-state index >= 15 is 0 Å². The van der Waals surface area contributed by atoms with Crippen molar-refractivity contribution in [1.29, 1.82) is 0 Å². The van der Waals surface area contributed by atoms with Gasteiger partial charge < -0.3 is 10.3 Å². The summed E-state index contributed by atoms with van der Waals surface area (Å²) in [6.45, 7) is 10.8. The molecule has 2 rings (SSSR count). The maximum Gasteiger partial charge on any atom is 0.154 e. The Morgan fingerprint density at radius 1 is 1.06 bits per heavy atom. The summed E-state index contributed by atoms with van der Waals surface area (Å²) in [5.41, 5.74) is 2.62. The number of hydrogen-bond donors (Lipinski definition) is 2. The van der Waals surface area contributed by atoms with Crippen molar-refractivity contribution in [3.63, 3.8) is 0 Å². The average molecular weight is 244 g/mol. The smallest absolute Gasteiger partial charge is 0.154 e. The molecule has 2 nitrogen and oxygen atoms in total. The highest BCUT2D eigenvalue weighted by Crippen LogP contribution is 2.08. The van der Waals surface area contributed by atoms with E-state index in [4.69, 9.17) is 0 Å². The Bertz CT molecular complexity index is 454. The zero-order valence-corrected chi connectivity index (χ0v) is 12.2. The zero-order chi connectivity index (χ0) is 13.5. The summed E-state index contributed by atoms with van der Waals surface area (Å²) in [5.74, 6) is 0. The first kappa shape index (κ1) is 14.8. The van der Waals surface area contributed by atoms with Gasteiger partial charge in [0.25, 0.3) is 0 Å². The highest BCUT2D eigenvalue weighted by Gasteiger charge is 1.94. The van der Waals surface area contributed by atoms with Crippen molar-refractivity contribution in [3.8, 4) is 0 Å². The van der Waals surface area contributed by atoms with E-state index in [1.165, 1.54) is 16.4 Å². The van der Waals surface area contributed by atoms with Gasteiger partial charge in [-0.25, -0.2) is 0 Å². The largest absolute Gasteiger partial charge is 0.361 e. The van der Waals surface area contributed by atoms with Crippen molar-refractivity contribution in [2.75, 3.05) is 0 Å². The number of aromatic nitrogens is 1. The Labute approximate surface area is 111 Å². The Kier molecular flexibility index (Phi) is 6.00. The quantitative estimate of drug-likeness (QED) is 0.798. The normalized spacial score (nSPS) is 10.6. The molecule has 0 aliphatic carbocycles. The molecular weight excluding hydrogens is 219 g/mol. The monoisotopic (exact) mass is 244 g/mol. The number of rotatable bonds is 3. The summed E-state index contributed by atoms with van der Waals surface area (Å²) in [4.78, 5) is 3.17. The minimum absolute atomic E-state index is 0.625. The van der Waals surface area contributed by atoms with E-state index in [-0.39, 0.29) is 0 Å². The molecule has 18 heavy (non-hydrogen) atoms. The van der Waals surface area contributed by atoms with Crippen LogP contribution in [-0.4, -0.2) is 24.3 Å². The molecule has 0 fully saturated rings. The maximum absolute atomic E-state index is 3.31. The predicted octanol–water partition coefficient (Wildman–Crippen LogP) is 2.67. The number of aromatic amines is 1. The molecule has 0 bridgehead atoms. The Morgan fingerprint density at radius 2 is 1.72 bits per heavy atom. The second kappa shape index (κ2) is 7.27. The minimum atomic E-state index is 0.625. The van der Waals surface area contributed by atoms with Crippen LogP contribution >= 0.6 is 0 Å². The number of fused-ring (bicyclic) bond motifs is 1. The van der Waals surface area contributed by atoms with Crippen molar-refractivity contribution >= 4 is 23.6 Å². The molecule has 0 radical (unpaired) electrons. The average Bonchev–Trinajstić information content (AvgIpc) is 2.74. The van der Waals surface area contributed by atoms with E-state index in [0.29, 0.717) is 12.1 Å². The molecule has 3 heteroatoms. The lowest BCUT2D eigenvalue weighted by Crippen LogP contribution is -2.29. The summed E-state index contributed by atoms with van der Waals surface area (Å²) >= 11 is 0. The van der Waals surface area contributed by atoms with Crippen LogP contribution in [-0.2, 0) is 0 Å².